The topological polar surface area (TPSA) is 50.6 Å². The van der Waals surface area contributed by atoms with Crippen LogP contribution < -0.4 is 0 Å². The Bertz CT molecular complexity index is 574. The molecule has 0 aromatic carbocycles. The number of hydrogen-bond donors (Lipinski definition) is 0. The second kappa shape index (κ2) is 6.18. The number of carbonyl (C=O) groups excluding carboxylic acids is 1. The molecule has 2 atom stereocenters. The fraction of sp³-hybridized carbons (Fsp3) is 0.733. The molecule has 2 fully saturated rings. The Morgan fingerprint density at radius 1 is 1.45 bits per heavy atom. The van der Waals surface area contributed by atoms with E-state index >= 15 is 0 Å². The summed E-state index contributed by atoms with van der Waals surface area (Å²) in [6.07, 6.45) is 1.11. The number of hydrogen-bond acceptors (Lipinski definition) is 4. The molecular weight excluding hydrogens is 304 g/mol. The highest BCUT2D eigenvalue weighted by atomic mass is 35.5. The van der Waals surface area contributed by atoms with Crippen LogP contribution in [0.2, 0.25) is 5.15 Å². The first-order valence-corrected chi connectivity index (χ1v) is 8.24. The molecule has 122 valence electrons. The van der Waals surface area contributed by atoms with Crippen molar-refractivity contribution in [1.29, 1.82) is 0 Å². The number of carbonyl (C=O) groups is 1. The standard InChI is InChI=1S/C15H23ClN4O2/c1-4-20-14(16)13(10(2)17-20)15(21)19-6-5-12-11(9-19)18(3)7-8-22-12/h11-12H,4-9H2,1-3H3/t11-,12+/m0/s1. The van der Waals surface area contributed by atoms with Gasteiger partial charge < -0.3 is 9.64 Å². The lowest BCUT2D eigenvalue weighted by Gasteiger charge is -2.45. The van der Waals surface area contributed by atoms with Crippen molar-refractivity contribution in [3.8, 4) is 0 Å². The largest absolute Gasteiger partial charge is 0.375 e. The maximum Gasteiger partial charge on any atom is 0.258 e. The number of fused-ring (bicyclic) bond motifs is 1. The van der Waals surface area contributed by atoms with Crippen molar-refractivity contribution in [3.05, 3.63) is 16.4 Å². The summed E-state index contributed by atoms with van der Waals surface area (Å²) in [5, 5.41) is 4.79. The molecule has 6 nitrogen and oxygen atoms in total. The van der Waals surface area contributed by atoms with Crippen molar-refractivity contribution in [1.82, 2.24) is 19.6 Å². The van der Waals surface area contributed by atoms with E-state index in [0.717, 1.165) is 19.6 Å². The third kappa shape index (κ3) is 2.64. The van der Waals surface area contributed by atoms with Crippen LogP contribution in [0.25, 0.3) is 0 Å². The lowest BCUT2D eigenvalue weighted by Crippen LogP contribution is -2.59. The molecule has 0 spiro atoms. The predicted octanol–water partition coefficient (Wildman–Crippen LogP) is 1.41. The van der Waals surface area contributed by atoms with Gasteiger partial charge >= 0.3 is 0 Å². The number of piperidine rings is 1. The molecule has 22 heavy (non-hydrogen) atoms. The fourth-order valence-corrected chi connectivity index (χ4v) is 3.76. The minimum absolute atomic E-state index is 0.0142. The summed E-state index contributed by atoms with van der Waals surface area (Å²) in [5.41, 5.74) is 1.24. The van der Waals surface area contributed by atoms with Gasteiger partial charge in [-0.3, -0.25) is 14.4 Å². The fourth-order valence-electron chi connectivity index (χ4n) is 3.39. The molecular formula is C15H23ClN4O2. The van der Waals surface area contributed by atoms with Crippen LogP contribution in [0, 0.1) is 6.92 Å². The average Bonchev–Trinajstić information content (AvgIpc) is 2.81. The lowest BCUT2D eigenvalue weighted by molar-refractivity contribution is -0.0893. The number of aromatic nitrogens is 2. The quantitative estimate of drug-likeness (QED) is 0.824. The van der Waals surface area contributed by atoms with Gasteiger partial charge in [0.1, 0.15) is 5.15 Å². The molecule has 2 saturated heterocycles. The summed E-state index contributed by atoms with van der Waals surface area (Å²) in [6.45, 7) is 7.55. The number of likely N-dealkylation sites (tertiary alicyclic amines) is 1. The van der Waals surface area contributed by atoms with Gasteiger partial charge in [-0.15, -0.1) is 0 Å². The van der Waals surface area contributed by atoms with Gasteiger partial charge in [0.15, 0.2) is 0 Å². The molecule has 7 heteroatoms. The first-order valence-electron chi connectivity index (χ1n) is 7.87. The Morgan fingerprint density at radius 3 is 2.91 bits per heavy atom. The van der Waals surface area contributed by atoms with Gasteiger partial charge in [0, 0.05) is 26.2 Å². The second-order valence-electron chi connectivity index (χ2n) is 6.06. The first kappa shape index (κ1) is 15.8. The van der Waals surface area contributed by atoms with Crippen molar-refractivity contribution in [2.45, 2.75) is 39.0 Å². The van der Waals surface area contributed by atoms with Gasteiger partial charge in [-0.2, -0.15) is 5.10 Å². The minimum atomic E-state index is -0.0142. The summed E-state index contributed by atoms with van der Waals surface area (Å²) >= 11 is 6.33. The van der Waals surface area contributed by atoms with Crippen molar-refractivity contribution < 1.29 is 9.53 Å². The highest BCUT2D eigenvalue weighted by Crippen LogP contribution is 2.26. The summed E-state index contributed by atoms with van der Waals surface area (Å²) in [7, 11) is 2.10. The monoisotopic (exact) mass is 326 g/mol. The van der Waals surface area contributed by atoms with Crippen molar-refractivity contribution >= 4 is 17.5 Å². The molecule has 0 saturated carbocycles. The molecule has 1 aromatic rings. The highest BCUT2D eigenvalue weighted by molar-refractivity contribution is 6.33. The zero-order valence-corrected chi connectivity index (χ0v) is 14.1. The molecule has 2 aliphatic heterocycles. The van der Waals surface area contributed by atoms with Gasteiger partial charge in [-0.25, -0.2) is 0 Å². The van der Waals surface area contributed by atoms with Crippen molar-refractivity contribution in [2.24, 2.45) is 0 Å². The number of rotatable bonds is 2. The Balaban J connectivity index is 1.80. The minimum Gasteiger partial charge on any atom is -0.375 e. The number of nitrogens with zero attached hydrogens (tertiary/aromatic N) is 4. The SMILES string of the molecule is CCn1nc(C)c(C(=O)N2CC[C@H]3OCCN(C)[C@H]3C2)c1Cl. The van der Waals surface area contributed by atoms with Crippen LogP contribution in [-0.4, -0.2) is 70.9 Å². The Labute approximate surface area is 136 Å². The molecule has 0 bridgehead atoms. The van der Waals surface area contributed by atoms with Crippen LogP contribution in [0.5, 0.6) is 0 Å². The Hall–Kier alpha value is -1.11. The molecule has 2 aliphatic rings. The van der Waals surface area contributed by atoms with Gasteiger partial charge in [0.05, 0.1) is 30.0 Å². The zero-order valence-electron chi connectivity index (χ0n) is 13.4. The maximum atomic E-state index is 12.9. The molecule has 1 amide bonds. The zero-order chi connectivity index (χ0) is 15.9. The van der Waals surface area contributed by atoms with Gasteiger partial charge in [0.25, 0.3) is 5.91 Å². The summed E-state index contributed by atoms with van der Waals surface area (Å²) < 4.78 is 7.51. The third-order valence-electron chi connectivity index (χ3n) is 4.73. The van der Waals surface area contributed by atoms with E-state index in [1.165, 1.54) is 0 Å². The molecule has 0 radical (unpaired) electrons. The van der Waals surface area contributed by atoms with Crippen LogP contribution in [0.3, 0.4) is 0 Å². The number of amides is 1. The summed E-state index contributed by atoms with van der Waals surface area (Å²) in [4.78, 5) is 17.1. The van der Waals surface area contributed by atoms with Crippen LogP contribution in [0.1, 0.15) is 29.4 Å². The molecule has 0 unspecified atom stereocenters. The van der Waals surface area contributed by atoms with Gasteiger partial charge in [-0.05, 0) is 27.3 Å². The van der Waals surface area contributed by atoms with E-state index in [-0.39, 0.29) is 18.1 Å². The van der Waals surface area contributed by atoms with Gasteiger partial charge in [-0.1, -0.05) is 11.6 Å². The van der Waals surface area contributed by atoms with E-state index in [0.29, 0.717) is 36.0 Å². The van der Waals surface area contributed by atoms with Crippen molar-refractivity contribution in [3.63, 3.8) is 0 Å². The van der Waals surface area contributed by atoms with Crippen molar-refractivity contribution in [2.75, 3.05) is 33.3 Å². The molecule has 3 rings (SSSR count). The van der Waals surface area contributed by atoms with Crippen LogP contribution in [0.15, 0.2) is 0 Å². The van der Waals surface area contributed by atoms with Crippen LogP contribution in [0.4, 0.5) is 0 Å². The lowest BCUT2D eigenvalue weighted by atomic mass is 9.98. The molecule has 1 aromatic heterocycles. The Kier molecular flexibility index (Phi) is 4.43. The summed E-state index contributed by atoms with van der Waals surface area (Å²) in [5.74, 6) is -0.0142. The van der Waals surface area contributed by atoms with E-state index < -0.39 is 0 Å². The smallest absolute Gasteiger partial charge is 0.258 e. The number of ether oxygens (including phenoxy) is 1. The van der Waals surface area contributed by atoms with Crippen LogP contribution >= 0.6 is 11.6 Å². The molecule has 3 heterocycles. The van der Waals surface area contributed by atoms with Crippen LogP contribution in [-0.2, 0) is 11.3 Å². The highest BCUT2D eigenvalue weighted by Gasteiger charge is 2.38. The second-order valence-corrected chi connectivity index (χ2v) is 6.42. The number of morpholine rings is 1. The average molecular weight is 327 g/mol. The normalized spacial score (nSPS) is 26.1. The summed E-state index contributed by atoms with van der Waals surface area (Å²) in [6, 6.07) is 0.270. The van der Waals surface area contributed by atoms with Gasteiger partial charge in [0.2, 0.25) is 0 Å². The van der Waals surface area contributed by atoms with E-state index in [4.69, 9.17) is 16.3 Å². The van der Waals surface area contributed by atoms with E-state index in [1.807, 2.05) is 18.7 Å². The van der Waals surface area contributed by atoms with E-state index in [2.05, 4.69) is 17.0 Å². The predicted molar refractivity (Wildman–Crippen MR) is 84.3 cm³/mol. The first-order chi connectivity index (χ1) is 10.5. The molecule has 0 N–H and O–H groups in total. The maximum absolute atomic E-state index is 12.9. The molecule has 0 aliphatic carbocycles. The number of aryl methyl sites for hydroxylation is 2. The number of likely N-dealkylation sites (N-methyl/N-ethyl adjacent to an activating group) is 1. The van der Waals surface area contributed by atoms with E-state index in [1.54, 1.807) is 4.68 Å². The Morgan fingerprint density at radius 2 is 2.23 bits per heavy atom. The third-order valence-corrected chi connectivity index (χ3v) is 5.11. The van der Waals surface area contributed by atoms with E-state index in [9.17, 15) is 4.79 Å². The number of halogens is 1.